The molecule has 1 aliphatic carbocycles. The first kappa shape index (κ1) is 15.4. The molecule has 6 nitrogen and oxygen atoms in total. The number of hydrogen-bond donors (Lipinski definition) is 1. The number of hydrogen-bond acceptors (Lipinski definition) is 4. The van der Waals surface area contributed by atoms with E-state index in [0.29, 0.717) is 23.0 Å². The first-order chi connectivity index (χ1) is 12.3. The van der Waals surface area contributed by atoms with Crippen LogP contribution in [-0.4, -0.2) is 28.0 Å². The Hall–Kier alpha value is -3.15. The molecule has 1 aromatic heterocycles. The second-order valence-electron chi connectivity index (χ2n) is 6.00. The Balaban J connectivity index is 1.69. The summed E-state index contributed by atoms with van der Waals surface area (Å²) in [5, 5.41) is 11.3. The smallest absolute Gasteiger partial charge is 0.278 e. The van der Waals surface area contributed by atoms with Crippen LogP contribution >= 0.6 is 0 Å². The molecule has 6 heteroatoms. The Labute approximate surface area is 145 Å². The lowest BCUT2D eigenvalue weighted by Crippen LogP contribution is -2.15. The maximum atomic E-state index is 12.8. The molecule has 2 aromatic carbocycles. The first-order valence-corrected chi connectivity index (χ1v) is 8.23. The van der Waals surface area contributed by atoms with E-state index in [1.54, 1.807) is 23.9 Å². The number of methoxy groups -OCH3 is 1. The van der Waals surface area contributed by atoms with Crippen molar-refractivity contribution in [1.29, 1.82) is 0 Å². The summed E-state index contributed by atoms with van der Waals surface area (Å²) in [4.78, 5) is 12.8. The molecule has 0 radical (unpaired) electrons. The van der Waals surface area contributed by atoms with E-state index in [-0.39, 0.29) is 5.91 Å². The van der Waals surface area contributed by atoms with Crippen molar-refractivity contribution in [3.63, 3.8) is 0 Å². The van der Waals surface area contributed by atoms with Crippen LogP contribution in [0, 0.1) is 0 Å². The highest BCUT2D eigenvalue weighted by atomic mass is 16.5. The minimum atomic E-state index is -0.270. The van der Waals surface area contributed by atoms with E-state index in [9.17, 15) is 4.79 Å². The van der Waals surface area contributed by atoms with Crippen molar-refractivity contribution in [2.24, 2.45) is 0 Å². The molecular formula is C19H18N4O2. The molecular weight excluding hydrogens is 316 g/mol. The summed E-state index contributed by atoms with van der Waals surface area (Å²) in [6, 6.07) is 17.1. The summed E-state index contributed by atoms with van der Waals surface area (Å²) in [6.45, 7) is 0. The molecule has 1 aliphatic rings. The zero-order chi connectivity index (χ0) is 17.2. The molecule has 1 heterocycles. The fourth-order valence-electron chi connectivity index (χ4n) is 2.86. The minimum Gasteiger partial charge on any atom is -0.495 e. The maximum absolute atomic E-state index is 12.8. The average Bonchev–Trinajstić information content (AvgIpc) is 3.40. The summed E-state index contributed by atoms with van der Waals surface area (Å²) in [7, 11) is 1.58. The largest absolute Gasteiger partial charge is 0.495 e. The summed E-state index contributed by atoms with van der Waals surface area (Å²) in [5.41, 5.74) is 2.77. The SMILES string of the molecule is COc1ccccc1NC(=O)c1nnn(-c2ccccc2)c1C1CC1. The van der Waals surface area contributed by atoms with Gasteiger partial charge in [-0.2, -0.15) is 0 Å². The molecule has 0 bridgehead atoms. The molecule has 126 valence electrons. The standard InChI is InChI=1S/C19H18N4O2/c1-25-16-10-6-5-9-15(16)20-19(24)17-18(13-11-12-13)23(22-21-17)14-7-3-2-4-8-14/h2-10,13H,11-12H2,1H3,(H,20,24). The summed E-state index contributed by atoms with van der Waals surface area (Å²) < 4.78 is 7.06. The lowest BCUT2D eigenvalue weighted by atomic mass is 10.2. The minimum absolute atomic E-state index is 0.270. The number of benzene rings is 2. The highest BCUT2D eigenvalue weighted by Gasteiger charge is 2.34. The number of rotatable bonds is 5. The fourth-order valence-corrected chi connectivity index (χ4v) is 2.86. The van der Waals surface area contributed by atoms with Crippen LogP contribution < -0.4 is 10.1 Å². The van der Waals surface area contributed by atoms with Gasteiger partial charge < -0.3 is 10.1 Å². The van der Waals surface area contributed by atoms with Gasteiger partial charge in [0, 0.05) is 5.92 Å². The highest BCUT2D eigenvalue weighted by molar-refractivity contribution is 6.04. The van der Waals surface area contributed by atoms with Crippen LogP contribution in [0.15, 0.2) is 54.6 Å². The molecule has 4 rings (SSSR count). The maximum Gasteiger partial charge on any atom is 0.278 e. The molecule has 25 heavy (non-hydrogen) atoms. The van der Waals surface area contributed by atoms with E-state index in [2.05, 4.69) is 15.6 Å². The van der Waals surface area contributed by atoms with Gasteiger partial charge in [0.15, 0.2) is 5.69 Å². The van der Waals surface area contributed by atoms with Crippen LogP contribution in [-0.2, 0) is 0 Å². The topological polar surface area (TPSA) is 69.0 Å². The third kappa shape index (κ3) is 2.98. The zero-order valence-corrected chi connectivity index (χ0v) is 13.8. The number of aromatic nitrogens is 3. The normalized spacial score (nSPS) is 13.5. The van der Waals surface area contributed by atoms with Crippen molar-refractivity contribution in [2.45, 2.75) is 18.8 Å². The van der Waals surface area contributed by atoms with Crippen molar-refractivity contribution in [3.05, 3.63) is 66.0 Å². The number of ether oxygens (including phenoxy) is 1. The van der Waals surface area contributed by atoms with E-state index in [1.165, 1.54) is 0 Å². The second-order valence-corrected chi connectivity index (χ2v) is 6.00. The lowest BCUT2D eigenvalue weighted by molar-refractivity contribution is 0.102. The van der Waals surface area contributed by atoms with Gasteiger partial charge in [0.1, 0.15) is 5.75 Å². The van der Waals surface area contributed by atoms with Crippen LogP contribution in [0.25, 0.3) is 5.69 Å². The van der Waals surface area contributed by atoms with Crippen molar-refractivity contribution >= 4 is 11.6 Å². The van der Waals surface area contributed by atoms with Gasteiger partial charge in [-0.15, -0.1) is 5.10 Å². The molecule has 1 saturated carbocycles. The van der Waals surface area contributed by atoms with Gasteiger partial charge in [-0.05, 0) is 37.1 Å². The Bertz CT molecular complexity index is 901. The summed E-state index contributed by atoms with van der Waals surface area (Å²) in [5.74, 6) is 0.668. The van der Waals surface area contributed by atoms with Crippen LogP contribution in [0.4, 0.5) is 5.69 Å². The number of nitrogens with one attached hydrogen (secondary N) is 1. The first-order valence-electron chi connectivity index (χ1n) is 8.23. The van der Waals surface area contributed by atoms with E-state index < -0.39 is 0 Å². The van der Waals surface area contributed by atoms with Gasteiger partial charge >= 0.3 is 0 Å². The van der Waals surface area contributed by atoms with Gasteiger partial charge in [-0.3, -0.25) is 4.79 Å². The van der Waals surface area contributed by atoms with Crippen LogP contribution in [0.2, 0.25) is 0 Å². The predicted molar refractivity (Wildman–Crippen MR) is 94.3 cm³/mol. The average molecular weight is 334 g/mol. The highest BCUT2D eigenvalue weighted by Crippen LogP contribution is 2.42. The molecule has 0 unspecified atom stereocenters. The summed E-state index contributed by atoms with van der Waals surface area (Å²) in [6.07, 6.45) is 2.10. The van der Waals surface area contributed by atoms with Crippen molar-refractivity contribution in [2.75, 3.05) is 12.4 Å². The second kappa shape index (κ2) is 6.39. The van der Waals surface area contributed by atoms with Gasteiger partial charge in [-0.25, -0.2) is 4.68 Å². The Kier molecular flexibility index (Phi) is 3.93. The molecule has 0 saturated heterocycles. The molecule has 1 amide bonds. The molecule has 3 aromatic rings. The Morgan fingerprint density at radius 2 is 1.84 bits per heavy atom. The van der Waals surface area contributed by atoms with E-state index in [4.69, 9.17) is 4.74 Å². The van der Waals surface area contributed by atoms with E-state index in [0.717, 1.165) is 24.2 Å². The molecule has 0 spiro atoms. The molecule has 1 N–H and O–H groups in total. The van der Waals surface area contributed by atoms with E-state index >= 15 is 0 Å². The fraction of sp³-hybridized carbons (Fsp3) is 0.211. The monoisotopic (exact) mass is 334 g/mol. The van der Waals surface area contributed by atoms with Crippen LogP contribution in [0.5, 0.6) is 5.75 Å². The van der Waals surface area contributed by atoms with Gasteiger partial charge in [-0.1, -0.05) is 35.5 Å². The van der Waals surface area contributed by atoms with Gasteiger partial charge in [0.05, 0.1) is 24.2 Å². The number of nitrogens with zero attached hydrogens (tertiary/aromatic N) is 3. The quantitative estimate of drug-likeness (QED) is 0.776. The lowest BCUT2D eigenvalue weighted by Gasteiger charge is -2.10. The number of anilines is 1. The zero-order valence-electron chi connectivity index (χ0n) is 13.8. The molecule has 1 fully saturated rings. The molecule has 0 aliphatic heterocycles. The van der Waals surface area contributed by atoms with E-state index in [1.807, 2.05) is 42.5 Å². The Morgan fingerprint density at radius 3 is 2.56 bits per heavy atom. The summed E-state index contributed by atoms with van der Waals surface area (Å²) >= 11 is 0. The number of carbonyl (C=O) groups is 1. The van der Waals surface area contributed by atoms with Gasteiger partial charge in [0.25, 0.3) is 5.91 Å². The molecule has 0 atom stereocenters. The third-order valence-electron chi connectivity index (χ3n) is 4.24. The van der Waals surface area contributed by atoms with Gasteiger partial charge in [0.2, 0.25) is 0 Å². The predicted octanol–water partition coefficient (Wildman–Crippen LogP) is 3.41. The Morgan fingerprint density at radius 1 is 1.12 bits per heavy atom. The van der Waals surface area contributed by atoms with Crippen LogP contribution in [0.1, 0.15) is 34.9 Å². The van der Waals surface area contributed by atoms with Crippen molar-refractivity contribution < 1.29 is 9.53 Å². The van der Waals surface area contributed by atoms with Crippen molar-refractivity contribution in [3.8, 4) is 11.4 Å². The third-order valence-corrected chi connectivity index (χ3v) is 4.24. The van der Waals surface area contributed by atoms with Crippen molar-refractivity contribution in [1.82, 2.24) is 15.0 Å². The van der Waals surface area contributed by atoms with Crippen LogP contribution in [0.3, 0.4) is 0 Å². The number of amides is 1. The number of para-hydroxylation sites is 3. The number of carbonyl (C=O) groups excluding carboxylic acids is 1.